The minimum absolute atomic E-state index is 0.0970. The topological polar surface area (TPSA) is 80.9 Å². The minimum atomic E-state index is -0.207. The smallest absolute Gasteiger partial charge is 0.322 e. The van der Waals surface area contributed by atoms with Crippen molar-refractivity contribution in [2.75, 3.05) is 11.1 Å². The zero-order valence-corrected chi connectivity index (χ0v) is 13.3. The number of thiazole rings is 1. The summed E-state index contributed by atoms with van der Waals surface area (Å²) in [5, 5.41) is 12.3. The molecule has 0 unspecified atom stereocenters. The predicted octanol–water partition coefficient (Wildman–Crippen LogP) is 3.23. The Hall–Kier alpha value is -2.19. The Morgan fingerprint density at radius 3 is 2.86 bits per heavy atom. The molecule has 0 atom stereocenters. The third kappa shape index (κ3) is 3.71. The molecule has 22 heavy (non-hydrogen) atoms. The average Bonchev–Trinajstić information content (AvgIpc) is 3.15. The molecule has 0 bridgehead atoms. The number of nitrogens with zero attached hydrogens (tertiary/aromatic N) is 3. The lowest BCUT2D eigenvalue weighted by Gasteiger charge is -1.98. The molecular weight excluding hydrogens is 320 g/mol. The number of benzene rings is 1. The van der Waals surface area contributed by atoms with Crippen LogP contribution in [-0.2, 0) is 4.79 Å². The first-order valence-electron chi connectivity index (χ1n) is 6.44. The molecule has 0 aliphatic heterocycles. The molecule has 2 heterocycles. The molecule has 0 saturated heterocycles. The van der Waals surface area contributed by atoms with Gasteiger partial charge in [0.1, 0.15) is 0 Å². The van der Waals surface area contributed by atoms with E-state index in [1.807, 2.05) is 42.6 Å². The van der Waals surface area contributed by atoms with Crippen LogP contribution in [0.15, 0.2) is 44.5 Å². The Bertz CT molecular complexity index is 770. The number of thioether (sulfide) groups is 1. The van der Waals surface area contributed by atoms with E-state index in [4.69, 9.17) is 4.42 Å². The molecule has 1 aromatic carbocycles. The highest BCUT2D eigenvalue weighted by molar-refractivity contribution is 8.01. The molecule has 112 valence electrons. The lowest BCUT2D eigenvalue weighted by Crippen LogP contribution is -2.14. The number of aryl methyl sites for hydroxylation is 1. The minimum Gasteiger partial charge on any atom is -0.403 e. The monoisotopic (exact) mass is 332 g/mol. The van der Waals surface area contributed by atoms with Gasteiger partial charge in [-0.1, -0.05) is 35.1 Å². The van der Waals surface area contributed by atoms with E-state index in [9.17, 15) is 4.79 Å². The number of nitrogens with one attached hydrogen (secondary N) is 1. The van der Waals surface area contributed by atoms with Crippen molar-refractivity contribution in [2.24, 2.45) is 0 Å². The van der Waals surface area contributed by atoms with Crippen LogP contribution in [0, 0.1) is 6.92 Å². The third-order valence-corrected chi connectivity index (χ3v) is 4.76. The number of hydrogen-bond acceptors (Lipinski definition) is 7. The first-order valence-corrected chi connectivity index (χ1v) is 8.31. The van der Waals surface area contributed by atoms with Gasteiger partial charge in [-0.05, 0) is 19.1 Å². The summed E-state index contributed by atoms with van der Waals surface area (Å²) in [6, 6.07) is 9.48. The number of amides is 1. The molecule has 6 nitrogen and oxygen atoms in total. The van der Waals surface area contributed by atoms with Crippen LogP contribution >= 0.6 is 23.1 Å². The van der Waals surface area contributed by atoms with Crippen LogP contribution < -0.4 is 5.32 Å². The number of aromatic nitrogens is 3. The quantitative estimate of drug-likeness (QED) is 0.723. The lowest BCUT2D eigenvalue weighted by molar-refractivity contribution is -0.113. The molecule has 2 aromatic heterocycles. The van der Waals surface area contributed by atoms with E-state index in [0.717, 1.165) is 15.6 Å². The van der Waals surface area contributed by atoms with E-state index in [1.54, 1.807) is 0 Å². The van der Waals surface area contributed by atoms with E-state index in [1.165, 1.54) is 23.1 Å². The van der Waals surface area contributed by atoms with Crippen LogP contribution in [0.5, 0.6) is 0 Å². The van der Waals surface area contributed by atoms with Gasteiger partial charge in [0.05, 0.1) is 5.75 Å². The molecule has 0 spiro atoms. The Labute approximate surface area is 135 Å². The van der Waals surface area contributed by atoms with Crippen LogP contribution in [0.3, 0.4) is 0 Å². The summed E-state index contributed by atoms with van der Waals surface area (Å²) in [7, 11) is 0. The van der Waals surface area contributed by atoms with Crippen molar-refractivity contribution in [1.29, 1.82) is 0 Å². The molecule has 3 rings (SSSR count). The number of rotatable bonds is 5. The second kappa shape index (κ2) is 6.71. The second-order valence-electron chi connectivity index (χ2n) is 4.37. The zero-order valence-electron chi connectivity index (χ0n) is 11.6. The molecule has 0 radical (unpaired) electrons. The number of hydrogen-bond donors (Lipinski definition) is 1. The van der Waals surface area contributed by atoms with E-state index in [-0.39, 0.29) is 17.7 Å². The van der Waals surface area contributed by atoms with E-state index in [2.05, 4.69) is 20.5 Å². The van der Waals surface area contributed by atoms with E-state index in [0.29, 0.717) is 5.89 Å². The Morgan fingerprint density at radius 1 is 1.32 bits per heavy atom. The molecule has 0 aliphatic carbocycles. The maximum atomic E-state index is 11.9. The molecule has 1 N–H and O–H groups in total. The van der Waals surface area contributed by atoms with Gasteiger partial charge in [0, 0.05) is 16.6 Å². The fourth-order valence-electron chi connectivity index (χ4n) is 1.65. The largest absolute Gasteiger partial charge is 0.403 e. The van der Waals surface area contributed by atoms with Crippen LogP contribution in [0.1, 0.15) is 5.69 Å². The highest BCUT2D eigenvalue weighted by Crippen LogP contribution is 2.23. The van der Waals surface area contributed by atoms with Gasteiger partial charge in [0.25, 0.3) is 0 Å². The van der Waals surface area contributed by atoms with Crippen molar-refractivity contribution in [3.8, 4) is 11.5 Å². The van der Waals surface area contributed by atoms with Gasteiger partial charge < -0.3 is 4.42 Å². The SMILES string of the molecule is Cc1csc(SCC(=O)Nc2nnc(-c3ccccc3)o2)n1. The number of anilines is 1. The standard InChI is InChI=1S/C14H12N4O2S2/c1-9-7-21-14(15-9)22-8-11(19)16-13-18-17-12(20-13)10-5-3-2-4-6-10/h2-7H,8H2,1H3,(H,16,18,19). The third-order valence-electron chi connectivity index (χ3n) is 2.62. The Balaban J connectivity index is 1.57. The van der Waals surface area contributed by atoms with Crippen molar-refractivity contribution in [3.05, 3.63) is 41.4 Å². The van der Waals surface area contributed by atoms with Crippen LogP contribution in [0.25, 0.3) is 11.5 Å². The van der Waals surface area contributed by atoms with Gasteiger partial charge in [-0.15, -0.1) is 16.4 Å². The lowest BCUT2D eigenvalue weighted by atomic mass is 10.2. The van der Waals surface area contributed by atoms with Crippen LogP contribution in [0.4, 0.5) is 6.01 Å². The normalized spacial score (nSPS) is 10.6. The molecule has 0 saturated carbocycles. The van der Waals surface area contributed by atoms with Crippen molar-refractivity contribution in [2.45, 2.75) is 11.3 Å². The second-order valence-corrected chi connectivity index (χ2v) is 6.45. The molecule has 8 heteroatoms. The maximum Gasteiger partial charge on any atom is 0.322 e. The number of carbonyl (C=O) groups excluding carboxylic acids is 1. The Morgan fingerprint density at radius 2 is 2.14 bits per heavy atom. The molecule has 0 aliphatic rings. The van der Waals surface area contributed by atoms with E-state index < -0.39 is 0 Å². The van der Waals surface area contributed by atoms with Crippen LogP contribution in [-0.4, -0.2) is 26.8 Å². The van der Waals surface area contributed by atoms with E-state index >= 15 is 0 Å². The molecule has 1 amide bonds. The maximum absolute atomic E-state index is 11.9. The summed E-state index contributed by atoms with van der Waals surface area (Å²) < 4.78 is 6.28. The van der Waals surface area contributed by atoms with Gasteiger partial charge in [-0.25, -0.2) is 4.98 Å². The van der Waals surface area contributed by atoms with Gasteiger partial charge in [0.2, 0.25) is 11.8 Å². The summed E-state index contributed by atoms with van der Waals surface area (Å²) in [6.45, 7) is 1.92. The summed E-state index contributed by atoms with van der Waals surface area (Å²) in [4.78, 5) is 16.1. The van der Waals surface area contributed by atoms with Crippen LogP contribution in [0.2, 0.25) is 0 Å². The Kier molecular flexibility index (Phi) is 4.50. The van der Waals surface area contributed by atoms with Gasteiger partial charge in [0.15, 0.2) is 4.34 Å². The van der Waals surface area contributed by atoms with Crippen molar-refractivity contribution in [1.82, 2.24) is 15.2 Å². The summed E-state index contributed by atoms with van der Waals surface area (Å²) >= 11 is 2.90. The predicted molar refractivity (Wildman–Crippen MR) is 85.9 cm³/mol. The van der Waals surface area contributed by atoms with Gasteiger partial charge in [-0.3, -0.25) is 10.1 Å². The molecule has 3 aromatic rings. The average molecular weight is 332 g/mol. The van der Waals surface area contributed by atoms with Crippen molar-refractivity contribution < 1.29 is 9.21 Å². The first kappa shape index (κ1) is 14.7. The van der Waals surface area contributed by atoms with Gasteiger partial charge in [-0.2, -0.15) is 0 Å². The molecular formula is C14H12N4O2S2. The summed E-state index contributed by atoms with van der Waals surface area (Å²) in [6.07, 6.45) is 0. The molecule has 0 fully saturated rings. The van der Waals surface area contributed by atoms with Crippen molar-refractivity contribution in [3.63, 3.8) is 0 Å². The highest BCUT2D eigenvalue weighted by atomic mass is 32.2. The first-order chi connectivity index (χ1) is 10.7. The fourth-order valence-corrected chi connectivity index (χ4v) is 3.30. The number of carbonyl (C=O) groups is 1. The van der Waals surface area contributed by atoms with Gasteiger partial charge >= 0.3 is 6.01 Å². The highest BCUT2D eigenvalue weighted by Gasteiger charge is 2.12. The van der Waals surface area contributed by atoms with Crippen molar-refractivity contribution >= 4 is 35.0 Å². The summed E-state index contributed by atoms with van der Waals surface area (Å²) in [5.74, 6) is 0.413. The fraction of sp³-hybridized carbons (Fsp3) is 0.143. The zero-order chi connectivity index (χ0) is 15.4. The summed E-state index contributed by atoms with van der Waals surface area (Å²) in [5.41, 5.74) is 1.76.